The molecule has 0 unspecified atom stereocenters. The lowest BCUT2D eigenvalue weighted by Crippen LogP contribution is -2.54. The van der Waals surface area contributed by atoms with E-state index in [9.17, 15) is 15.6 Å². The Labute approximate surface area is 160 Å². The Morgan fingerprint density at radius 1 is 1.33 bits per heavy atom. The number of aliphatic hydroxyl groups excluding tert-OH is 1. The number of rotatable bonds is 4. The van der Waals surface area contributed by atoms with E-state index < -0.39 is 17.7 Å². The van der Waals surface area contributed by atoms with Crippen molar-refractivity contribution in [3.63, 3.8) is 0 Å². The molecular formula is C20H25N5O2. The van der Waals surface area contributed by atoms with Crippen LogP contribution >= 0.6 is 0 Å². The molecule has 2 atom stereocenters. The second-order valence-electron chi connectivity index (χ2n) is 7.51. The van der Waals surface area contributed by atoms with E-state index in [0.29, 0.717) is 23.8 Å². The van der Waals surface area contributed by atoms with Crippen molar-refractivity contribution in [2.75, 3.05) is 19.6 Å². The zero-order valence-corrected chi connectivity index (χ0v) is 16.0. The molecular weight excluding hydrogens is 342 g/mol. The van der Waals surface area contributed by atoms with Gasteiger partial charge in [0, 0.05) is 25.2 Å². The van der Waals surface area contributed by atoms with Crippen molar-refractivity contribution in [2.45, 2.75) is 51.4 Å². The van der Waals surface area contributed by atoms with Crippen LogP contribution in [0.5, 0.6) is 5.75 Å². The molecule has 2 aliphatic heterocycles. The Morgan fingerprint density at radius 2 is 2.11 bits per heavy atom. The molecule has 0 radical (unpaired) electrons. The van der Waals surface area contributed by atoms with Gasteiger partial charge in [-0.3, -0.25) is 0 Å². The molecule has 3 rings (SSSR count). The third-order valence-electron chi connectivity index (χ3n) is 5.26. The molecule has 2 aliphatic rings. The highest BCUT2D eigenvalue weighted by atomic mass is 16.5. The molecule has 1 saturated heterocycles. The molecule has 7 heteroatoms. The molecule has 1 fully saturated rings. The molecule has 0 amide bonds. The maximum absolute atomic E-state index is 11.1. The highest BCUT2D eigenvalue weighted by Gasteiger charge is 2.48. The lowest BCUT2D eigenvalue weighted by Gasteiger charge is -2.45. The molecule has 0 saturated carbocycles. The minimum atomic E-state index is -0.839. The van der Waals surface area contributed by atoms with E-state index in [2.05, 4.69) is 22.9 Å². The van der Waals surface area contributed by atoms with E-state index in [4.69, 9.17) is 4.74 Å². The average molecular weight is 367 g/mol. The number of fused-ring (bicyclic) bond motifs is 1. The van der Waals surface area contributed by atoms with Gasteiger partial charge in [0.15, 0.2) is 0 Å². The first-order chi connectivity index (χ1) is 12.9. The average Bonchev–Trinajstić information content (AvgIpc) is 3.03. The number of hydrogen-bond acceptors (Lipinski definition) is 5. The van der Waals surface area contributed by atoms with Crippen LogP contribution < -0.4 is 4.74 Å². The first kappa shape index (κ1) is 19.0. The molecule has 1 N–H and O–H groups in total. The molecule has 142 valence electrons. The topological polar surface area (TPSA) is 95.9 Å². The largest absolute Gasteiger partial charge is 0.485 e. The summed E-state index contributed by atoms with van der Waals surface area (Å²) in [5.74, 6) is 1.23. The van der Waals surface area contributed by atoms with Crippen LogP contribution in [-0.2, 0) is 0 Å². The van der Waals surface area contributed by atoms with Crippen molar-refractivity contribution in [1.82, 2.24) is 9.80 Å². The van der Waals surface area contributed by atoms with E-state index in [-0.39, 0.29) is 0 Å². The van der Waals surface area contributed by atoms with E-state index >= 15 is 0 Å². The highest BCUT2D eigenvalue weighted by molar-refractivity contribution is 5.83. The quantitative estimate of drug-likeness (QED) is 0.821. The van der Waals surface area contributed by atoms with Crippen LogP contribution in [0.4, 0.5) is 0 Å². The smallest absolute Gasteiger partial charge is 0.213 e. The third kappa shape index (κ3) is 3.43. The SMILES string of the molecule is CCCCN1CCN([C@H]2c3cc(C#N)ccc3OC(C)(C)[C@@H]2O)C1=NC#N. The van der Waals surface area contributed by atoms with Crippen LogP contribution in [0, 0.1) is 22.8 Å². The molecule has 0 bridgehead atoms. The molecule has 0 spiro atoms. The minimum Gasteiger partial charge on any atom is -0.485 e. The zero-order chi connectivity index (χ0) is 19.6. The summed E-state index contributed by atoms with van der Waals surface area (Å²) in [4.78, 5) is 8.14. The summed E-state index contributed by atoms with van der Waals surface area (Å²) in [5.41, 5.74) is 0.458. The van der Waals surface area contributed by atoms with Gasteiger partial charge in [0.25, 0.3) is 0 Å². The summed E-state index contributed by atoms with van der Waals surface area (Å²) in [6.07, 6.45) is 3.13. The number of aliphatic imine (C=N–C) groups is 1. The summed E-state index contributed by atoms with van der Waals surface area (Å²) in [6, 6.07) is 6.97. The number of hydrogen-bond donors (Lipinski definition) is 1. The van der Waals surface area contributed by atoms with Gasteiger partial charge in [-0.05, 0) is 38.5 Å². The fourth-order valence-corrected chi connectivity index (χ4v) is 3.79. The van der Waals surface area contributed by atoms with Gasteiger partial charge in [-0.15, -0.1) is 4.99 Å². The molecule has 0 aromatic heterocycles. The Kier molecular flexibility index (Phi) is 5.25. The zero-order valence-electron chi connectivity index (χ0n) is 16.0. The van der Waals surface area contributed by atoms with E-state index in [0.717, 1.165) is 31.5 Å². The first-order valence-electron chi connectivity index (χ1n) is 9.32. The van der Waals surface area contributed by atoms with Crippen molar-refractivity contribution < 1.29 is 9.84 Å². The second kappa shape index (κ2) is 7.46. The highest BCUT2D eigenvalue weighted by Crippen LogP contribution is 2.44. The van der Waals surface area contributed by atoms with E-state index in [1.165, 1.54) is 0 Å². The number of nitriles is 2. The summed E-state index contributed by atoms with van der Waals surface area (Å²) >= 11 is 0. The maximum Gasteiger partial charge on any atom is 0.213 e. The summed E-state index contributed by atoms with van der Waals surface area (Å²) in [7, 11) is 0. The van der Waals surface area contributed by atoms with Crippen LogP contribution in [0.2, 0.25) is 0 Å². The van der Waals surface area contributed by atoms with Gasteiger partial charge in [0.2, 0.25) is 12.2 Å². The third-order valence-corrected chi connectivity index (χ3v) is 5.26. The predicted octanol–water partition coefficient (Wildman–Crippen LogP) is 2.39. The molecule has 0 aliphatic carbocycles. The van der Waals surface area contributed by atoms with Crippen LogP contribution in [0.1, 0.15) is 50.8 Å². The predicted molar refractivity (Wildman–Crippen MR) is 101 cm³/mol. The van der Waals surface area contributed by atoms with Gasteiger partial charge in [0.05, 0.1) is 17.7 Å². The first-order valence-corrected chi connectivity index (χ1v) is 9.32. The Bertz CT molecular complexity index is 821. The minimum absolute atomic E-state index is 0.434. The summed E-state index contributed by atoms with van der Waals surface area (Å²) in [5, 5.41) is 29.6. The van der Waals surface area contributed by atoms with Gasteiger partial charge in [-0.25, -0.2) is 0 Å². The number of aliphatic hydroxyl groups is 1. The molecule has 7 nitrogen and oxygen atoms in total. The van der Waals surface area contributed by atoms with Gasteiger partial charge in [-0.2, -0.15) is 10.5 Å². The van der Waals surface area contributed by atoms with E-state index in [1.807, 2.05) is 24.9 Å². The molecule has 27 heavy (non-hydrogen) atoms. The standard InChI is InChI=1S/C20H25N5O2/c1-4-5-8-24-9-10-25(19(24)23-13-22)17-15-11-14(12-21)6-7-16(15)27-20(2,3)18(17)26/h6-7,11,17-18,26H,4-5,8-10H2,1-3H3/t17-,18+/m0/s1. The monoisotopic (exact) mass is 367 g/mol. The molecule has 1 aromatic carbocycles. The normalized spacial score (nSPS) is 24.9. The number of guanidine groups is 1. The lowest BCUT2D eigenvalue weighted by atomic mass is 9.85. The fourth-order valence-electron chi connectivity index (χ4n) is 3.79. The van der Waals surface area contributed by atoms with Crippen molar-refractivity contribution in [3.8, 4) is 18.0 Å². The second-order valence-corrected chi connectivity index (χ2v) is 7.51. The van der Waals surface area contributed by atoms with Gasteiger partial charge in [-0.1, -0.05) is 13.3 Å². The molecule has 1 aromatic rings. The van der Waals surface area contributed by atoms with Crippen molar-refractivity contribution in [3.05, 3.63) is 29.3 Å². The van der Waals surface area contributed by atoms with Crippen molar-refractivity contribution in [2.24, 2.45) is 4.99 Å². The number of nitrogens with zero attached hydrogens (tertiary/aromatic N) is 5. The number of benzene rings is 1. The summed E-state index contributed by atoms with van der Waals surface area (Å²) in [6.45, 7) is 8.03. The maximum atomic E-state index is 11.1. The fraction of sp³-hybridized carbons (Fsp3) is 0.550. The van der Waals surface area contributed by atoms with E-state index in [1.54, 1.807) is 18.2 Å². The van der Waals surface area contributed by atoms with Crippen LogP contribution in [0.3, 0.4) is 0 Å². The lowest BCUT2D eigenvalue weighted by molar-refractivity contribution is -0.0801. The Balaban J connectivity index is 2.05. The van der Waals surface area contributed by atoms with Crippen LogP contribution in [0.25, 0.3) is 0 Å². The van der Waals surface area contributed by atoms with Crippen LogP contribution in [0.15, 0.2) is 23.2 Å². The Hall–Kier alpha value is -2.77. The Morgan fingerprint density at radius 3 is 2.78 bits per heavy atom. The van der Waals surface area contributed by atoms with Gasteiger partial charge < -0.3 is 19.6 Å². The van der Waals surface area contributed by atoms with Crippen molar-refractivity contribution in [1.29, 1.82) is 10.5 Å². The number of ether oxygens (including phenoxy) is 1. The van der Waals surface area contributed by atoms with Gasteiger partial charge in [0.1, 0.15) is 17.5 Å². The van der Waals surface area contributed by atoms with Gasteiger partial charge >= 0.3 is 0 Å². The number of unbranched alkanes of at least 4 members (excludes halogenated alkanes) is 1. The van der Waals surface area contributed by atoms with Crippen molar-refractivity contribution >= 4 is 5.96 Å². The van der Waals surface area contributed by atoms with Crippen LogP contribution in [-0.4, -0.2) is 52.2 Å². The molecule has 2 heterocycles. The summed E-state index contributed by atoms with van der Waals surface area (Å²) < 4.78 is 6.00.